The maximum Gasteiger partial charge on any atom is 0.242 e. The smallest absolute Gasteiger partial charge is 0.242 e. The number of nitrogens with two attached hydrogens (primary N) is 2. The molecular weight excluding hydrogens is 178 g/mol. The van der Waals surface area contributed by atoms with Gasteiger partial charge < -0.3 is 11.5 Å². The number of nitrogens with zero attached hydrogens (tertiary/aromatic N) is 1. The number of amides is 1. The number of hydrogen-bond acceptors (Lipinski definition) is 2. The lowest BCUT2D eigenvalue weighted by Gasteiger charge is -2.21. The molecule has 4 heteroatoms. The van der Waals surface area contributed by atoms with Crippen LogP contribution in [0.4, 0.5) is 0 Å². The Balaban J connectivity index is 2.53. The van der Waals surface area contributed by atoms with E-state index in [1.54, 1.807) is 6.92 Å². The van der Waals surface area contributed by atoms with Crippen molar-refractivity contribution in [3.63, 3.8) is 0 Å². The van der Waals surface area contributed by atoms with Gasteiger partial charge in [-0.2, -0.15) is 0 Å². The largest absolute Gasteiger partial charge is 0.387 e. The van der Waals surface area contributed by atoms with Crippen molar-refractivity contribution >= 4 is 11.7 Å². The second kappa shape index (κ2) is 4.98. The molecule has 80 valence electrons. The minimum absolute atomic E-state index is 0.366. The van der Waals surface area contributed by atoms with Crippen LogP contribution in [0.1, 0.15) is 39.0 Å². The van der Waals surface area contributed by atoms with Crippen molar-refractivity contribution in [3.8, 4) is 0 Å². The van der Waals surface area contributed by atoms with Gasteiger partial charge in [-0.15, -0.1) is 0 Å². The van der Waals surface area contributed by atoms with Crippen molar-refractivity contribution in [2.75, 3.05) is 0 Å². The van der Waals surface area contributed by atoms with Gasteiger partial charge in [0.25, 0.3) is 0 Å². The van der Waals surface area contributed by atoms with Gasteiger partial charge in [0.15, 0.2) is 0 Å². The monoisotopic (exact) mass is 197 g/mol. The quantitative estimate of drug-likeness (QED) is 0.518. The van der Waals surface area contributed by atoms with Crippen LogP contribution < -0.4 is 11.5 Å². The predicted molar refractivity (Wildman–Crippen MR) is 56.9 cm³/mol. The van der Waals surface area contributed by atoms with E-state index in [-0.39, 0.29) is 0 Å². The summed E-state index contributed by atoms with van der Waals surface area (Å²) in [5, 5.41) is 0. The molecule has 0 heterocycles. The lowest BCUT2D eigenvalue weighted by molar-refractivity contribution is -0.118. The van der Waals surface area contributed by atoms with Gasteiger partial charge in [0.1, 0.15) is 6.04 Å². The first-order valence-electron chi connectivity index (χ1n) is 5.23. The van der Waals surface area contributed by atoms with Gasteiger partial charge in [0, 0.05) is 5.92 Å². The highest BCUT2D eigenvalue weighted by Crippen LogP contribution is 2.23. The molecule has 0 aliphatic heterocycles. The van der Waals surface area contributed by atoms with Crippen LogP contribution in [0.15, 0.2) is 4.99 Å². The second-order valence-electron chi connectivity index (χ2n) is 3.97. The van der Waals surface area contributed by atoms with Gasteiger partial charge >= 0.3 is 0 Å². The molecular formula is C10H19N3O. The fourth-order valence-corrected chi connectivity index (χ4v) is 1.79. The molecule has 1 aliphatic carbocycles. The standard InChI is InChI=1S/C10H19N3O/c1-7(10(12)14)13-9(11)8-5-3-2-4-6-8/h7-8H,2-6H2,1H3,(H2,11,13)(H2,12,14). The molecule has 0 radical (unpaired) electrons. The molecule has 1 rings (SSSR count). The van der Waals surface area contributed by atoms with E-state index in [0.29, 0.717) is 11.8 Å². The summed E-state index contributed by atoms with van der Waals surface area (Å²) in [7, 11) is 0. The van der Waals surface area contributed by atoms with Gasteiger partial charge in [-0.05, 0) is 19.8 Å². The zero-order valence-corrected chi connectivity index (χ0v) is 8.70. The van der Waals surface area contributed by atoms with Crippen LogP contribution in [0.25, 0.3) is 0 Å². The summed E-state index contributed by atoms with van der Waals surface area (Å²) in [6.45, 7) is 1.68. The van der Waals surface area contributed by atoms with Crippen molar-refractivity contribution < 1.29 is 4.79 Å². The molecule has 1 aliphatic rings. The molecule has 1 fully saturated rings. The van der Waals surface area contributed by atoms with E-state index in [2.05, 4.69) is 4.99 Å². The zero-order valence-electron chi connectivity index (χ0n) is 8.70. The number of carbonyl (C=O) groups excluding carboxylic acids is 1. The lowest BCUT2D eigenvalue weighted by atomic mass is 9.88. The number of hydrogen-bond donors (Lipinski definition) is 2. The summed E-state index contributed by atoms with van der Waals surface area (Å²) >= 11 is 0. The molecule has 0 aromatic rings. The summed E-state index contributed by atoms with van der Waals surface area (Å²) < 4.78 is 0. The van der Waals surface area contributed by atoms with Crippen LogP contribution in [0.3, 0.4) is 0 Å². The summed E-state index contributed by atoms with van der Waals surface area (Å²) in [5.41, 5.74) is 10.9. The Morgan fingerprint density at radius 3 is 2.36 bits per heavy atom. The van der Waals surface area contributed by atoms with Gasteiger partial charge in [-0.1, -0.05) is 19.3 Å². The lowest BCUT2D eigenvalue weighted by Crippen LogP contribution is -2.31. The SMILES string of the molecule is CC(N=C(N)C1CCCCC1)C(N)=O. The number of aliphatic imine (C=N–C) groups is 1. The molecule has 4 nitrogen and oxygen atoms in total. The van der Waals surface area contributed by atoms with Crippen molar-refractivity contribution in [2.45, 2.75) is 45.1 Å². The third-order valence-electron chi connectivity index (χ3n) is 2.78. The molecule has 1 unspecified atom stereocenters. The maximum atomic E-state index is 10.8. The normalized spacial score (nSPS) is 21.9. The number of amidine groups is 1. The first-order chi connectivity index (χ1) is 6.61. The van der Waals surface area contributed by atoms with Gasteiger partial charge in [-0.3, -0.25) is 9.79 Å². The number of primary amides is 1. The predicted octanol–water partition coefficient (Wildman–Crippen LogP) is 0.798. The van der Waals surface area contributed by atoms with Crippen LogP contribution in [0, 0.1) is 5.92 Å². The van der Waals surface area contributed by atoms with Gasteiger partial charge in [-0.25, -0.2) is 0 Å². The van der Waals surface area contributed by atoms with Crippen LogP contribution in [0.2, 0.25) is 0 Å². The van der Waals surface area contributed by atoms with Crippen LogP contribution in [-0.4, -0.2) is 17.8 Å². The van der Waals surface area contributed by atoms with Crippen molar-refractivity contribution in [1.82, 2.24) is 0 Å². The average molecular weight is 197 g/mol. The highest BCUT2D eigenvalue weighted by Gasteiger charge is 2.18. The molecule has 14 heavy (non-hydrogen) atoms. The van der Waals surface area contributed by atoms with E-state index in [0.717, 1.165) is 12.8 Å². The summed E-state index contributed by atoms with van der Waals surface area (Å²) in [4.78, 5) is 14.9. The Labute approximate surface area is 84.8 Å². The van der Waals surface area contributed by atoms with Crippen LogP contribution >= 0.6 is 0 Å². The Bertz CT molecular complexity index is 232. The maximum absolute atomic E-state index is 10.8. The van der Waals surface area contributed by atoms with E-state index < -0.39 is 11.9 Å². The summed E-state index contributed by atoms with van der Waals surface area (Å²) in [6, 6.07) is -0.489. The van der Waals surface area contributed by atoms with Crippen LogP contribution in [0.5, 0.6) is 0 Å². The Hall–Kier alpha value is -1.06. The molecule has 1 atom stereocenters. The van der Waals surface area contributed by atoms with E-state index >= 15 is 0 Å². The Kier molecular flexibility index (Phi) is 3.92. The van der Waals surface area contributed by atoms with E-state index in [1.165, 1.54) is 19.3 Å². The molecule has 1 saturated carbocycles. The summed E-state index contributed by atoms with van der Waals surface area (Å²) in [6.07, 6.45) is 5.91. The fourth-order valence-electron chi connectivity index (χ4n) is 1.79. The first-order valence-corrected chi connectivity index (χ1v) is 5.23. The van der Waals surface area contributed by atoms with Gasteiger partial charge in [0.05, 0.1) is 5.84 Å². The topological polar surface area (TPSA) is 81.5 Å². The molecule has 0 aromatic heterocycles. The fraction of sp³-hybridized carbons (Fsp3) is 0.800. The average Bonchev–Trinajstić information content (AvgIpc) is 2.19. The third kappa shape index (κ3) is 3.01. The molecule has 0 bridgehead atoms. The molecule has 0 aromatic carbocycles. The highest BCUT2D eigenvalue weighted by atomic mass is 16.1. The summed E-state index contributed by atoms with van der Waals surface area (Å²) in [5.74, 6) is 0.560. The molecule has 0 spiro atoms. The van der Waals surface area contributed by atoms with E-state index in [4.69, 9.17) is 11.5 Å². The second-order valence-corrected chi connectivity index (χ2v) is 3.97. The van der Waals surface area contributed by atoms with E-state index in [1.807, 2.05) is 0 Å². The highest BCUT2D eigenvalue weighted by molar-refractivity contribution is 5.87. The van der Waals surface area contributed by atoms with Crippen molar-refractivity contribution in [2.24, 2.45) is 22.4 Å². The van der Waals surface area contributed by atoms with Gasteiger partial charge in [0.2, 0.25) is 5.91 Å². The Morgan fingerprint density at radius 1 is 1.29 bits per heavy atom. The minimum atomic E-state index is -0.489. The van der Waals surface area contributed by atoms with Crippen molar-refractivity contribution in [3.05, 3.63) is 0 Å². The molecule has 4 N–H and O–H groups in total. The van der Waals surface area contributed by atoms with Crippen LogP contribution in [-0.2, 0) is 4.79 Å². The Morgan fingerprint density at radius 2 is 1.86 bits per heavy atom. The zero-order chi connectivity index (χ0) is 10.6. The number of carbonyl (C=O) groups is 1. The third-order valence-corrected chi connectivity index (χ3v) is 2.78. The first kappa shape index (κ1) is 11.0. The molecule has 0 saturated heterocycles. The number of rotatable bonds is 3. The molecule has 1 amide bonds. The van der Waals surface area contributed by atoms with Crippen molar-refractivity contribution in [1.29, 1.82) is 0 Å². The van der Waals surface area contributed by atoms with E-state index in [9.17, 15) is 4.79 Å². The minimum Gasteiger partial charge on any atom is -0.387 e.